The fourth-order valence-electron chi connectivity index (χ4n) is 3.51. The van der Waals surface area contributed by atoms with Crippen LogP contribution >= 0.6 is 0 Å². The molecule has 0 fully saturated rings. The first-order valence-electron chi connectivity index (χ1n) is 9.18. The zero-order chi connectivity index (χ0) is 21.3. The third-order valence-electron chi connectivity index (χ3n) is 5.08. The highest BCUT2D eigenvalue weighted by atomic mass is 32.2. The maximum absolute atomic E-state index is 13.3. The van der Waals surface area contributed by atoms with Crippen LogP contribution in [-0.2, 0) is 10.0 Å². The molecular weight excluding hydrogens is 398 g/mol. The largest absolute Gasteiger partial charge is 0.370 e. The van der Waals surface area contributed by atoms with E-state index >= 15 is 0 Å². The van der Waals surface area contributed by atoms with Crippen molar-refractivity contribution in [3.05, 3.63) is 72.1 Å². The fraction of sp³-hybridized carbons (Fsp3) is 0.136. The van der Waals surface area contributed by atoms with Gasteiger partial charge in [0.1, 0.15) is 0 Å². The molecule has 148 valence electrons. The second-order valence-electron chi connectivity index (χ2n) is 6.88. The lowest BCUT2D eigenvalue weighted by Crippen LogP contribution is -2.43. The van der Waals surface area contributed by atoms with Crippen LogP contribution in [0.5, 0.6) is 0 Å². The van der Waals surface area contributed by atoms with Gasteiger partial charge >= 0.3 is 0 Å². The van der Waals surface area contributed by atoms with Crippen LogP contribution in [0.1, 0.15) is 11.1 Å². The molecule has 0 saturated heterocycles. The van der Waals surface area contributed by atoms with Crippen molar-refractivity contribution in [3.63, 3.8) is 0 Å². The minimum absolute atomic E-state index is 0.126. The van der Waals surface area contributed by atoms with Gasteiger partial charge in [0.15, 0.2) is 0 Å². The smallest absolute Gasteiger partial charge is 0.264 e. The van der Waals surface area contributed by atoms with Crippen LogP contribution in [-0.4, -0.2) is 33.5 Å². The molecule has 0 aliphatic carbocycles. The van der Waals surface area contributed by atoms with Crippen molar-refractivity contribution in [1.29, 1.82) is 10.5 Å². The summed E-state index contributed by atoms with van der Waals surface area (Å²) in [6, 6.07) is 17.1. The minimum atomic E-state index is -3.82. The molecule has 0 unspecified atom stereocenters. The summed E-state index contributed by atoms with van der Waals surface area (Å²) in [6.07, 6.45) is 3.26. The zero-order valence-corrected chi connectivity index (χ0v) is 17.0. The lowest BCUT2D eigenvalue weighted by atomic mass is 10.0. The highest BCUT2D eigenvalue weighted by Crippen LogP contribution is 2.42. The van der Waals surface area contributed by atoms with Gasteiger partial charge in [0.2, 0.25) is 0 Å². The first-order chi connectivity index (χ1) is 14.5. The van der Waals surface area contributed by atoms with Gasteiger partial charge < -0.3 is 4.90 Å². The number of likely N-dealkylation sites (N-methyl/N-ethyl adjacent to an activating group) is 1. The third kappa shape index (κ3) is 3.24. The van der Waals surface area contributed by atoms with Gasteiger partial charge in [-0.25, -0.2) is 8.42 Å². The molecule has 0 radical (unpaired) electrons. The SMILES string of the molecule is CN1CCN(S(=O)(=O)c2ccc(C#N)cc2)c2cncc(-c3ccc(C#N)cc3)c21. The highest BCUT2D eigenvalue weighted by Gasteiger charge is 2.32. The monoisotopic (exact) mass is 415 g/mol. The van der Waals surface area contributed by atoms with Crippen LogP contribution < -0.4 is 9.21 Å². The number of pyridine rings is 1. The molecule has 8 heteroatoms. The number of nitrogens with zero attached hydrogens (tertiary/aromatic N) is 5. The first-order valence-corrected chi connectivity index (χ1v) is 10.6. The fourth-order valence-corrected chi connectivity index (χ4v) is 4.96. The zero-order valence-electron chi connectivity index (χ0n) is 16.1. The molecule has 0 N–H and O–H groups in total. The van der Waals surface area contributed by atoms with Crippen LogP contribution in [0.3, 0.4) is 0 Å². The predicted octanol–water partition coefficient (Wildman–Crippen LogP) is 3.14. The summed E-state index contributed by atoms with van der Waals surface area (Å²) in [4.78, 5) is 6.43. The summed E-state index contributed by atoms with van der Waals surface area (Å²) in [5.74, 6) is 0. The summed E-state index contributed by atoms with van der Waals surface area (Å²) in [7, 11) is -1.90. The normalized spacial score (nSPS) is 13.3. The van der Waals surface area contributed by atoms with Crippen molar-refractivity contribution in [2.45, 2.75) is 4.90 Å². The van der Waals surface area contributed by atoms with E-state index in [4.69, 9.17) is 10.5 Å². The molecule has 0 saturated carbocycles. The van der Waals surface area contributed by atoms with Crippen LogP contribution in [0.25, 0.3) is 11.1 Å². The van der Waals surface area contributed by atoms with E-state index < -0.39 is 10.0 Å². The number of hydrogen-bond donors (Lipinski definition) is 0. The number of anilines is 2. The van der Waals surface area contributed by atoms with Crippen LogP contribution in [0.4, 0.5) is 11.4 Å². The molecule has 0 bridgehead atoms. The molecule has 1 aromatic heterocycles. The summed E-state index contributed by atoms with van der Waals surface area (Å²) in [6.45, 7) is 0.792. The number of rotatable bonds is 3. The van der Waals surface area contributed by atoms with Crippen molar-refractivity contribution in [3.8, 4) is 23.3 Å². The Kier molecular flexibility index (Phi) is 4.86. The molecule has 3 aromatic rings. The lowest BCUT2D eigenvalue weighted by molar-refractivity contribution is 0.589. The summed E-state index contributed by atoms with van der Waals surface area (Å²) in [5, 5.41) is 18.0. The Morgan fingerprint density at radius 2 is 1.50 bits per heavy atom. The van der Waals surface area contributed by atoms with E-state index in [1.807, 2.05) is 30.1 Å². The third-order valence-corrected chi connectivity index (χ3v) is 6.91. The van der Waals surface area contributed by atoms with Crippen molar-refractivity contribution in [2.24, 2.45) is 0 Å². The standard InChI is InChI=1S/C22H17N5O2S/c1-26-10-11-27(30(28,29)19-8-4-17(13-24)5-9-19)21-15-25-14-20(22(21)26)18-6-2-16(12-23)3-7-18/h2-9,14-15H,10-11H2,1H3. The second kappa shape index (κ2) is 7.51. The molecule has 7 nitrogen and oxygen atoms in total. The topological polar surface area (TPSA) is 101 Å². The average molecular weight is 415 g/mol. The minimum Gasteiger partial charge on any atom is -0.370 e. The lowest BCUT2D eigenvalue weighted by Gasteiger charge is -2.37. The summed E-state index contributed by atoms with van der Waals surface area (Å²) in [5.41, 5.74) is 3.85. The average Bonchev–Trinajstić information content (AvgIpc) is 2.79. The molecule has 2 heterocycles. The Hall–Kier alpha value is -3.88. The van der Waals surface area contributed by atoms with Gasteiger partial charge in [0, 0.05) is 25.4 Å². The van der Waals surface area contributed by atoms with E-state index in [0.717, 1.165) is 16.8 Å². The van der Waals surface area contributed by atoms with E-state index in [1.54, 1.807) is 24.5 Å². The quantitative estimate of drug-likeness (QED) is 0.651. The van der Waals surface area contributed by atoms with Gasteiger partial charge in [-0.2, -0.15) is 10.5 Å². The molecule has 1 aliphatic rings. The first kappa shape index (κ1) is 19.4. The van der Waals surface area contributed by atoms with Crippen molar-refractivity contribution in [1.82, 2.24) is 4.98 Å². The van der Waals surface area contributed by atoms with E-state index in [2.05, 4.69) is 11.1 Å². The maximum Gasteiger partial charge on any atom is 0.264 e. The molecule has 0 amide bonds. The van der Waals surface area contributed by atoms with Crippen LogP contribution in [0, 0.1) is 22.7 Å². The van der Waals surface area contributed by atoms with Gasteiger partial charge in [0.25, 0.3) is 10.0 Å². The Morgan fingerprint density at radius 3 is 2.10 bits per heavy atom. The number of aromatic nitrogens is 1. The molecule has 1 aliphatic heterocycles. The highest BCUT2D eigenvalue weighted by molar-refractivity contribution is 7.92. The van der Waals surface area contributed by atoms with Crippen molar-refractivity contribution in [2.75, 3.05) is 29.3 Å². The Morgan fingerprint density at radius 1 is 0.900 bits per heavy atom. The predicted molar refractivity (Wildman–Crippen MR) is 113 cm³/mol. The molecular formula is C22H17N5O2S. The van der Waals surface area contributed by atoms with E-state index in [1.165, 1.54) is 28.6 Å². The van der Waals surface area contributed by atoms with Crippen LogP contribution in [0.15, 0.2) is 65.8 Å². The molecule has 0 spiro atoms. The van der Waals surface area contributed by atoms with Gasteiger partial charge in [0.05, 0.1) is 52.3 Å². The van der Waals surface area contributed by atoms with Crippen LogP contribution in [0.2, 0.25) is 0 Å². The van der Waals surface area contributed by atoms with Gasteiger partial charge in [-0.3, -0.25) is 9.29 Å². The Labute approximate surface area is 175 Å². The number of benzene rings is 2. The van der Waals surface area contributed by atoms with Gasteiger partial charge in [-0.15, -0.1) is 0 Å². The van der Waals surface area contributed by atoms with E-state index in [-0.39, 0.29) is 11.4 Å². The second-order valence-corrected chi connectivity index (χ2v) is 8.74. The Bertz CT molecular complexity index is 1290. The number of sulfonamides is 1. The van der Waals surface area contributed by atoms with E-state index in [9.17, 15) is 8.42 Å². The maximum atomic E-state index is 13.3. The number of fused-ring (bicyclic) bond motifs is 1. The molecule has 0 atom stereocenters. The van der Waals surface area contributed by atoms with Crippen molar-refractivity contribution < 1.29 is 8.42 Å². The number of nitriles is 2. The van der Waals surface area contributed by atoms with Gasteiger partial charge in [-0.1, -0.05) is 12.1 Å². The summed E-state index contributed by atoms with van der Waals surface area (Å²) >= 11 is 0. The molecule has 30 heavy (non-hydrogen) atoms. The number of hydrogen-bond acceptors (Lipinski definition) is 6. The van der Waals surface area contributed by atoms with Crippen molar-refractivity contribution >= 4 is 21.4 Å². The molecule has 4 rings (SSSR count). The molecule has 2 aromatic carbocycles. The van der Waals surface area contributed by atoms with E-state index in [0.29, 0.717) is 23.4 Å². The van der Waals surface area contributed by atoms with Gasteiger partial charge in [-0.05, 0) is 42.0 Å². The summed E-state index contributed by atoms with van der Waals surface area (Å²) < 4.78 is 28.1. The Balaban J connectivity index is 1.83.